The van der Waals surface area contributed by atoms with Gasteiger partial charge in [0, 0.05) is 25.1 Å². The van der Waals surface area contributed by atoms with E-state index >= 15 is 0 Å². The van der Waals surface area contributed by atoms with Crippen LogP contribution in [-0.4, -0.2) is 81.2 Å². The zero-order chi connectivity index (χ0) is 26.1. The summed E-state index contributed by atoms with van der Waals surface area (Å²) in [6, 6.07) is 1.67. The molecule has 0 aliphatic carbocycles. The number of phenolic OH excluding ortho intramolecular Hbond substituents is 1. The third-order valence-electron chi connectivity index (χ3n) is 5.66. The molecule has 1 heterocycles. The summed E-state index contributed by atoms with van der Waals surface area (Å²) >= 11 is 4.13. The number of carbonyl (C=O) groups excluding carboxylic acids is 4. The number of carboxylic acid groups (broad SMARTS) is 1. The number of carbonyl (C=O) groups is 5. The number of nitrogens with one attached hydrogen (secondary N) is 2. The van der Waals surface area contributed by atoms with Gasteiger partial charge in [-0.1, -0.05) is 12.1 Å². The molecule has 0 aromatic heterocycles. The molecule has 0 saturated carbocycles. The molecule has 35 heavy (non-hydrogen) atoms. The lowest BCUT2D eigenvalue weighted by Crippen LogP contribution is -2.57. The van der Waals surface area contributed by atoms with Crippen LogP contribution in [0.1, 0.15) is 31.2 Å². The summed E-state index contributed by atoms with van der Waals surface area (Å²) in [5.41, 5.74) is 11.4. The lowest BCUT2D eigenvalue weighted by Gasteiger charge is -2.29. The summed E-state index contributed by atoms with van der Waals surface area (Å²) in [4.78, 5) is 62.3. The molecule has 0 bridgehead atoms. The van der Waals surface area contributed by atoms with Crippen molar-refractivity contribution in [2.75, 3.05) is 12.3 Å². The van der Waals surface area contributed by atoms with Crippen LogP contribution in [-0.2, 0) is 30.4 Å². The number of likely N-dealkylation sites (tertiary alicyclic amines) is 1. The van der Waals surface area contributed by atoms with Crippen molar-refractivity contribution in [3.05, 3.63) is 29.8 Å². The van der Waals surface area contributed by atoms with Crippen molar-refractivity contribution in [1.82, 2.24) is 15.5 Å². The normalized spacial score (nSPS) is 17.8. The Morgan fingerprint density at radius 2 is 1.77 bits per heavy atom. The first-order valence-corrected chi connectivity index (χ1v) is 11.7. The average molecular weight is 510 g/mol. The van der Waals surface area contributed by atoms with E-state index in [1.807, 2.05) is 0 Å². The maximum Gasteiger partial charge on any atom is 0.326 e. The molecule has 1 saturated heterocycles. The highest BCUT2D eigenvalue weighted by Crippen LogP contribution is 2.20. The minimum Gasteiger partial charge on any atom is -0.508 e. The molecule has 13 heteroatoms. The Balaban J connectivity index is 2.03. The third-order valence-corrected chi connectivity index (χ3v) is 6.03. The van der Waals surface area contributed by atoms with E-state index in [1.54, 1.807) is 12.1 Å². The van der Waals surface area contributed by atoms with Gasteiger partial charge in [0.25, 0.3) is 0 Å². The summed E-state index contributed by atoms with van der Waals surface area (Å²) in [6.45, 7) is 0.250. The van der Waals surface area contributed by atoms with Crippen LogP contribution in [0.4, 0.5) is 0 Å². The molecule has 1 aliphatic rings. The highest BCUT2D eigenvalue weighted by molar-refractivity contribution is 7.80. The summed E-state index contributed by atoms with van der Waals surface area (Å²) in [7, 11) is 0. The number of rotatable bonds is 12. The molecular formula is C22H31N5O7S. The molecule has 4 amide bonds. The van der Waals surface area contributed by atoms with Crippen molar-refractivity contribution in [1.29, 1.82) is 0 Å². The number of aliphatic carboxylic acids is 1. The van der Waals surface area contributed by atoms with Gasteiger partial charge in [0.2, 0.25) is 23.6 Å². The molecule has 4 unspecified atom stereocenters. The van der Waals surface area contributed by atoms with Gasteiger partial charge in [-0.05, 0) is 37.0 Å². The number of thiol groups is 1. The van der Waals surface area contributed by atoms with E-state index in [1.165, 1.54) is 17.0 Å². The first-order chi connectivity index (χ1) is 16.5. The standard InChI is InChI=1S/C22H31N5O7S/c23-14(7-8-18(24)29)19(30)26-16(11-35)21(32)27-9-1-2-17(27)20(31)25-15(22(33)34)10-12-3-5-13(28)6-4-12/h3-6,14-17,28,35H,1-2,7-11,23H2,(H2,24,29)(H,25,31)(H,26,30)(H,33,34). The number of amides is 4. The number of primary amides is 1. The Hall–Kier alpha value is -3.32. The van der Waals surface area contributed by atoms with Crippen LogP contribution in [0.15, 0.2) is 24.3 Å². The number of benzene rings is 1. The Labute approximate surface area is 207 Å². The van der Waals surface area contributed by atoms with Crippen molar-refractivity contribution in [3.63, 3.8) is 0 Å². The Morgan fingerprint density at radius 3 is 2.34 bits per heavy atom. The van der Waals surface area contributed by atoms with Crippen LogP contribution in [0.3, 0.4) is 0 Å². The second-order valence-corrected chi connectivity index (χ2v) is 8.68. The van der Waals surface area contributed by atoms with Crippen molar-refractivity contribution < 1.29 is 34.2 Å². The molecular weight excluding hydrogens is 478 g/mol. The Bertz CT molecular complexity index is 943. The van der Waals surface area contributed by atoms with E-state index in [2.05, 4.69) is 23.3 Å². The summed E-state index contributed by atoms with van der Waals surface area (Å²) in [5, 5.41) is 23.9. The molecule has 192 valence electrons. The van der Waals surface area contributed by atoms with Gasteiger partial charge in [0.05, 0.1) is 6.04 Å². The molecule has 0 spiro atoms. The minimum atomic E-state index is -1.24. The van der Waals surface area contributed by atoms with Gasteiger partial charge < -0.3 is 37.2 Å². The number of aromatic hydroxyl groups is 1. The summed E-state index contributed by atoms with van der Waals surface area (Å²) in [5.74, 6) is -3.69. The Morgan fingerprint density at radius 1 is 1.11 bits per heavy atom. The first kappa shape index (κ1) is 27.9. The third kappa shape index (κ3) is 8.14. The molecule has 1 aromatic carbocycles. The van der Waals surface area contributed by atoms with E-state index in [-0.39, 0.29) is 37.3 Å². The van der Waals surface area contributed by atoms with Gasteiger partial charge in [-0.3, -0.25) is 19.2 Å². The maximum atomic E-state index is 13.1. The molecule has 4 atom stereocenters. The van der Waals surface area contributed by atoms with Crippen molar-refractivity contribution >= 4 is 42.2 Å². The van der Waals surface area contributed by atoms with Gasteiger partial charge in [-0.2, -0.15) is 12.6 Å². The van der Waals surface area contributed by atoms with Gasteiger partial charge in [0.15, 0.2) is 0 Å². The lowest BCUT2D eigenvalue weighted by atomic mass is 10.0. The van der Waals surface area contributed by atoms with Crippen molar-refractivity contribution in [2.45, 2.75) is 56.3 Å². The second kappa shape index (κ2) is 13.0. The molecule has 1 aromatic rings. The molecule has 1 fully saturated rings. The second-order valence-electron chi connectivity index (χ2n) is 8.31. The van der Waals surface area contributed by atoms with Crippen LogP contribution in [0, 0.1) is 0 Å². The number of hydrogen-bond donors (Lipinski definition) is 7. The largest absolute Gasteiger partial charge is 0.508 e. The fourth-order valence-corrected chi connectivity index (χ4v) is 3.98. The van der Waals surface area contributed by atoms with Crippen LogP contribution >= 0.6 is 12.6 Å². The highest BCUT2D eigenvalue weighted by atomic mass is 32.1. The predicted octanol–water partition coefficient (Wildman–Crippen LogP) is -1.50. The molecule has 2 rings (SSSR count). The quantitative estimate of drug-likeness (QED) is 0.165. The van der Waals surface area contributed by atoms with Gasteiger partial charge in [0.1, 0.15) is 23.9 Å². The number of hydrogen-bond acceptors (Lipinski definition) is 8. The molecule has 8 N–H and O–H groups in total. The Kier molecular flexibility index (Phi) is 10.3. The van der Waals surface area contributed by atoms with E-state index in [0.29, 0.717) is 18.4 Å². The zero-order valence-corrected chi connectivity index (χ0v) is 19.9. The lowest BCUT2D eigenvalue weighted by molar-refractivity contribution is -0.144. The number of nitrogens with two attached hydrogens (primary N) is 2. The van der Waals surface area contributed by atoms with Gasteiger partial charge >= 0.3 is 5.97 Å². The number of phenols is 1. The van der Waals surface area contributed by atoms with Crippen LogP contribution in [0.2, 0.25) is 0 Å². The SMILES string of the molecule is NC(=O)CCC(N)C(=O)NC(CS)C(=O)N1CCCC1C(=O)NC(Cc1ccc(O)cc1)C(=O)O. The van der Waals surface area contributed by atoms with Crippen LogP contribution in [0.25, 0.3) is 0 Å². The average Bonchev–Trinajstić information content (AvgIpc) is 3.31. The highest BCUT2D eigenvalue weighted by Gasteiger charge is 2.38. The van der Waals surface area contributed by atoms with E-state index < -0.39 is 53.8 Å². The summed E-state index contributed by atoms with van der Waals surface area (Å²) in [6.07, 6.45) is 0.762. The molecule has 0 radical (unpaired) electrons. The van der Waals surface area contributed by atoms with Crippen molar-refractivity contribution in [2.24, 2.45) is 11.5 Å². The zero-order valence-electron chi connectivity index (χ0n) is 19.1. The fourth-order valence-electron chi connectivity index (χ4n) is 3.73. The van der Waals surface area contributed by atoms with Crippen LogP contribution in [0.5, 0.6) is 5.75 Å². The number of carboxylic acids is 1. The predicted molar refractivity (Wildman–Crippen MR) is 128 cm³/mol. The summed E-state index contributed by atoms with van der Waals surface area (Å²) < 4.78 is 0. The van der Waals surface area contributed by atoms with E-state index in [9.17, 15) is 34.2 Å². The van der Waals surface area contributed by atoms with E-state index in [0.717, 1.165) is 0 Å². The monoisotopic (exact) mass is 509 g/mol. The first-order valence-electron chi connectivity index (χ1n) is 11.1. The topological polar surface area (TPSA) is 205 Å². The molecule has 1 aliphatic heterocycles. The fraction of sp³-hybridized carbons (Fsp3) is 0.500. The van der Waals surface area contributed by atoms with Gasteiger partial charge in [-0.15, -0.1) is 0 Å². The van der Waals surface area contributed by atoms with E-state index in [4.69, 9.17) is 11.5 Å². The maximum absolute atomic E-state index is 13.1. The van der Waals surface area contributed by atoms with Crippen molar-refractivity contribution in [3.8, 4) is 5.75 Å². The van der Waals surface area contributed by atoms with Gasteiger partial charge in [-0.25, -0.2) is 4.79 Å². The smallest absolute Gasteiger partial charge is 0.326 e. The number of nitrogens with zero attached hydrogens (tertiary/aromatic N) is 1. The van der Waals surface area contributed by atoms with Crippen LogP contribution < -0.4 is 22.1 Å². The minimum absolute atomic E-state index is 0.0134. The molecule has 12 nitrogen and oxygen atoms in total.